The molecule has 0 bridgehead atoms. The van der Waals surface area contributed by atoms with Crippen molar-refractivity contribution in [3.8, 4) is 0 Å². The van der Waals surface area contributed by atoms with E-state index in [1.807, 2.05) is 0 Å². The maximum atomic E-state index is 8.45. The molecular formula is C5H11N3O. The number of rotatable bonds is 3. The lowest BCUT2D eigenvalue weighted by atomic mass is 10.0. The zero-order valence-corrected chi connectivity index (χ0v) is 5.70. The molecule has 0 aromatic carbocycles. The van der Waals surface area contributed by atoms with Gasteiger partial charge in [0.2, 0.25) is 0 Å². The van der Waals surface area contributed by atoms with Crippen molar-refractivity contribution in [1.29, 1.82) is 0 Å². The molecular weight excluding hydrogens is 118 g/mol. The smallest absolute Gasteiger partial charge is 0.0453 e. The molecule has 0 unspecified atom stereocenters. The van der Waals surface area contributed by atoms with Gasteiger partial charge in [0.05, 0.1) is 0 Å². The first kappa shape index (κ1) is 8.27. The second-order valence-corrected chi connectivity index (χ2v) is 2.48. The molecule has 0 saturated heterocycles. The van der Waals surface area contributed by atoms with Crippen molar-refractivity contribution in [3.63, 3.8) is 0 Å². The molecule has 4 heteroatoms. The molecule has 0 spiro atoms. The Morgan fingerprint density at radius 1 is 1.67 bits per heavy atom. The number of nitrogens with zero attached hydrogens (tertiary/aromatic N) is 3. The second kappa shape index (κ2) is 3.33. The van der Waals surface area contributed by atoms with Gasteiger partial charge in [-0.1, -0.05) is 19.0 Å². The van der Waals surface area contributed by atoms with E-state index in [4.69, 9.17) is 10.6 Å². The van der Waals surface area contributed by atoms with Gasteiger partial charge in [-0.15, -0.1) is 0 Å². The van der Waals surface area contributed by atoms with E-state index in [1.54, 1.807) is 13.8 Å². The van der Waals surface area contributed by atoms with Crippen molar-refractivity contribution in [3.05, 3.63) is 10.4 Å². The zero-order chi connectivity index (χ0) is 7.33. The van der Waals surface area contributed by atoms with Crippen LogP contribution in [0.5, 0.6) is 0 Å². The topological polar surface area (TPSA) is 69.0 Å². The molecule has 0 aromatic heterocycles. The standard InChI is InChI=1S/C5H11N3O/c1-5(2,3-4-9)7-8-6/h9H,3-4H2,1-2H3. The third-order valence-corrected chi connectivity index (χ3v) is 1.04. The van der Waals surface area contributed by atoms with E-state index in [0.717, 1.165) is 0 Å². The monoisotopic (exact) mass is 129 g/mol. The van der Waals surface area contributed by atoms with Crippen LogP contribution in [0.1, 0.15) is 20.3 Å². The SMILES string of the molecule is CC(C)(CCO)N=[N+]=[N-]. The minimum Gasteiger partial charge on any atom is -0.396 e. The molecule has 0 aliphatic carbocycles. The van der Waals surface area contributed by atoms with E-state index < -0.39 is 5.54 Å². The summed E-state index contributed by atoms with van der Waals surface area (Å²) in [6.45, 7) is 3.62. The first-order chi connectivity index (χ1) is 4.12. The van der Waals surface area contributed by atoms with Crippen molar-refractivity contribution in [2.45, 2.75) is 25.8 Å². The first-order valence-corrected chi connectivity index (χ1v) is 2.79. The van der Waals surface area contributed by atoms with Gasteiger partial charge in [-0.3, -0.25) is 0 Å². The Morgan fingerprint density at radius 3 is 2.56 bits per heavy atom. The molecule has 52 valence electrons. The van der Waals surface area contributed by atoms with Crippen LogP contribution >= 0.6 is 0 Å². The molecule has 0 aromatic rings. The highest BCUT2D eigenvalue weighted by Crippen LogP contribution is 2.12. The van der Waals surface area contributed by atoms with E-state index in [2.05, 4.69) is 10.0 Å². The zero-order valence-electron chi connectivity index (χ0n) is 5.70. The van der Waals surface area contributed by atoms with Crippen molar-refractivity contribution in [2.75, 3.05) is 6.61 Å². The molecule has 1 N–H and O–H groups in total. The highest BCUT2D eigenvalue weighted by molar-refractivity contribution is 4.76. The number of azide groups is 1. The molecule has 0 rings (SSSR count). The minimum absolute atomic E-state index is 0.0615. The van der Waals surface area contributed by atoms with Crippen LogP contribution in [0.15, 0.2) is 5.11 Å². The Kier molecular flexibility index (Phi) is 3.06. The first-order valence-electron chi connectivity index (χ1n) is 2.79. The molecule has 0 heterocycles. The normalized spacial score (nSPS) is 10.6. The molecule has 4 nitrogen and oxygen atoms in total. The van der Waals surface area contributed by atoms with Gasteiger partial charge in [0, 0.05) is 17.1 Å². The third-order valence-electron chi connectivity index (χ3n) is 1.04. The fraction of sp³-hybridized carbons (Fsp3) is 1.00. The summed E-state index contributed by atoms with van der Waals surface area (Å²) < 4.78 is 0. The molecule has 0 saturated carbocycles. The van der Waals surface area contributed by atoms with Crippen LogP contribution in [0.4, 0.5) is 0 Å². The maximum absolute atomic E-state index is 8.45. The molecule has 0 amide bonds. The summed E-state index contributed by atoms with van der Waals surface area (Å²) in [5.74, 6) is 0. The number of hydrogen-bond donors (Lipinski definition) is 1. The van der Waals surface area contributed by atoms with Crippen molar-refractivity contribution in [1.82, 2.24) is 0 Å². The summed E-state index contributed by atoms with van der Waals surface area (Å²) in [5, 5.41) is 11.9. The molecule has 9 heavy (non-hydrogen) atoms. The maximum Gasteiger partial charge on any atom is 0.0453 e. The van der Waals surface area contributed by atoms with E-state index in [9.17, 15) is 0 Å². The number of aliphatic hydroxyl groups excluding tert-OH is 1. The summed E-state index contributed by atoms with van der Waals surface area (Å²) in [7, 11) is 0. The number of hydrogen-bond acceptors (Lipinski definition) is 2. The lowest BCUT2D eigenvalue weighted by molar-refractivity contribution is 0.254. The minimum atomic E-state index is -0.441. The highest BCUT2D eigenvalue weighted by atomic mass is 16.3. The largest absolute Gasteiger partial charge is 0.396 e. The van der Waals surface area contributed by atoms with Gasteiger partial charge in [-0.25, -0.2) is 0 Å². The number of aliphatic hydroxyl groups is 1. The quantitative estimate of drug-likeness (QED) is 0.350. The Hall–Kier alpha value is -0.730. The molecule has 0 aliphatic heterocycles. The summed E-state index contributed by atoms with van der Waals surface area (Å²) in [6.07, 6.45) is 0.511. The van der Waals surface area contributed by atoms with E-state index in [-0.39, 0.29) is 6.61 Å². The predicted octanol–water partition coefficient (Wildman–Crippen LogP) is 1.46. The molecule has 0 radical (unpaired) electrons. The van der Waals surface area contributed by atoms with Gasteiger partial charge >= 0.3 is 0 Å². The Balaban J connectivity index is 3.85. The Morgan fingerprint density at radius 2 is 2.22 bits per heavy atom. The van der Waals surface area contributed by atoms with E-state index in [0.29, 0.717) is 6.42 Å². The fourth-order valence-corrected chi connectivity index (χ4v) is 0.445. The molecule has 0 fully saturated rings. The average Bonchev–Trinajstić information content (AvgIpc) is 1.64. The van der Waals surface area contributed by atoms with Crippen molar-refractivity contribution in [2.24, 2.45) is 5.11 Å². The van der Waals surface area contributed by atoms with Gasteiger partial charge in [-0.2, -0.15) is 0 Å². The summed E-state index contributed by atoms with van der Waals surface area (Å²) in [6, 6.07) is 0. The van der Waals surface area contributed by atoms with Crippen LogP contribution in [0.25, 0.3) is 10.4 Å². The third kappa shape index (κ3) is 3.82. The summed E-state index contributed by atoms with van der Waals surface area (Å²) in [4.78, 5) is 2.64. The summed E-state index contributed by atoms with van der Waals surface area (Å²) >= 11 is 0. The highest BCUT2D eigenvalue weighted by Gasteiger charge is 2.13. The van der Waals surface area contributed by atoms with E-state index >= 15 is 0 Å². The van der Waals surface area contributed by atoms with Gasteiger partial charge < -0.3 is 5.11 Å². The molecule has 0 atom stereocenters. The second-order valence-electron chi connectivity index (χ2n) is 2.48. The van der Waals surface area contributed by atoms with Crippen molar-refractivity contribution < 1.29 is 5.11 Å². The van der Waals surface area contributed by atoms with Gasteiger partial charge in [0.25, 0.3) is 0 Å². The van der Waals surface area contributed by atoms with Crippen LogP contribution < -0.4 is 0 Å². The van der Waals surface area contributed by atoms with Crippen LogP contribution in [-0.4, -0.2) is 17.3 Å². The van der Waals surface area contributed by atoms with Crippen LogP contribution in [0, 0.1) is 0 Å². The van der Waals surface area contributed by atoms with Crippen LogP contribution in [-0.2, 0) is 0 Å². The lowest BCUT2D eigenvalue weighted by Gasteiger charge is -2.14. The van der Waals surface area contributed by atoms with Gasteiger partial charge in [-0.05, 0) is 12.0 Å². The predicted molar refractivity (Wildman–Crippen MR) is 34.9 cm³/mol. The van der Waals surface area contributed by atoms with Gasteiger partial charge in [0.15, 0.2) is 0 Å². The Labute approximate surface area is 54.1 Å². The Bertz CT molecular complexity index is 126. The van der Waals surface area contributed by atoms with Gasteiger partial charge in [0.1, 0.15) is 0 Å². The van der Waals surface area contributed by atoms with Crippen LogP contribution in [0.3, 0.4) is 0 Å². The fourth-order valence-electron chi connectivity index (χ4n) is 0.445. The summed E-state index contributed by atoms with van der Waals surface area (Å²) in [5.41, 5.74) is 7.56. The van der Waals surface area contributed by atoms with E-state index in [1.165, 1.54) is 0 Å². The average molecular weight is 129 g/mol. The van der Waals surface area contributed by atoms with Crippen LogP contribution in [0.2, 0.25) is 0 Å². The molecule has 0 aliphatic rings. The lowest BCUT2D eigenvalue weighted by Crippen LogP contribution is -2.16. The van der Waals surface area contributed by atoms with Crippen molar-refractivity contribution >= 4 is 0 Å².